The van der Waals surface area contributed by atoms with Crippen molar-refractivity contribution in [3.05, 3.63) is 93.5 Å². The van der Waals surface area contributed by atoms with E-state index in [-0.39, 0.29) is 5.41 Å². The summed E-state index contributed by atoms with van der Waals surface area (Å²) in [4.78, 5) is 25.0. The van der Waals surface area contributed by atoms with Gasteiger partial charge in [0.2, 0.25) is 0 Å². The third kappa shape index (κ3) is 4.83. The lowest BCUT2D eigenvalue weighted by Gasteiger charge is -2.22. The van der Waals surface area contributed by atoms with Crippen LogP contribution in [-0.2, 0) is 12.0 Å². The zero-order valence-corrected chi connectivity index (χ0v) is 21.0. The van der Waals surface area contributed by atoms with Crippen molar-refractivity contribution in [3.63, 3.8) is 0 Å². The lowest BCUT2D eigenvalue weighted by Crippen LogP contribution is -2.23. The average Bonchev–Trinajstić information content (AvgIpc) is 3.06. The molecule has 3 aromatic carbocycles. The lowest BCUT2D eigenvalue weighted by atomic mass is 9.84. The van der Waals surface area contributed by atoms with Crippen molar-refractivity contribution in [1.82, 2.24) is 5.01 Å². The lowest BCUT2D eigenvalue weighted by molar-refractivity contribution is 0.0660. The van der Waals surface area contributed by atoms with Crippen molar-refractivity contribution >= 4 is 18.0 Å². The van der Waals surface area contributed by atoms with Crippen LogP contribution in [0.4, 0.5) is 0 Å². The molecule has 0 aromatic heterocycles. The fourth-order valence-electron chi connectivity index (χ4n) is 4.09. The van der Waals surface area contributed by atoms with Crippen LogP contribution in [0.3, 0.4) is 0 Å². The van der Waals surface area contributed by atoms with E-state index in [0.29, 0.717) is 34.8 Å². The number of ether oxygens (including phenoxy) is 2. The Morgan fingerprint density at radius 1 is 0.886 bits per heavy atom. The van der Waals surface area contributed by atoms with E-state index >= 15 is 0 Å². The van der Waals surface area contributed by atoms with Crippen LogP contribution < -0.4 is 9.47 Å². The van der Waals surface area contributed by atoms with Gasteiger partial charge in [0.25, 0.3) is 11.8 Å². The fraction of sp³-hybridized carbons (Fsp3) is 0.276. The van der Waals surface area contributed by atoms with Crippen molar-refractivity contribution < 1.29 is 19.1 Å². The maximum absolute atomic E-state index is 12.5. The van der Waals surface area contributed by atoms with Crippen LogP contribution in [0, 0.1) is 13.8 Å². The summed E-state index contributed by atoms with van der Waals surface area (Å²) in [7, 11) is 1.57. The quantitative estimate of drug-likeness (QED) is 0.336. The Bertz CT molecular complexity index is 1280. The van der Waals surface area contributed by atoms with Gasteiger partial charge >= 0.3 is 0 Å². The number of rotatable bonds is 6. The number of hydrazone groups is 1. The Morgan fingerprint density at radius 2 is 1.49 bits per heavy atom. The number of carbonyl (C=O) groups is 2. The van der Waals surface area contributed by atoms with Gasteiger partial charge in [0.15, 0.2) is 11.5 Å². The molecule has 0 bridgehead atoms. The molecule has 0 saturated heterocycles. The maximum Gasteiger partial charge on any atom is 0.282 e. The van der Waals surface area contributed by atoms with Crippen LogP contribution in [0.25, 0.3) is 0 Å². The first-order valence-corrected chi connectivity index (χ1v) is 11.5. The molecule has 6 nitrogen and oxygen atoms in total. The first-order chi connectivity index (χ1) is 16.6. The van der Waals surface area contributed by atoms with Gasteiger partial charge in [-0.25, -0.2) is 0 Å². The summed E-state index contributed by atoms with van der Waals surface area (Å²) in [5, 5.41) is 5.02. The van der Waals surface area contributed by atoms with E-state index in [4.69, 9.17) is 9.47 Å². The topological polar surface area (TPSA) is 68.2 Å². The van der Waals surface area contributed by atoms with Crippen LogP contribution in [0.2, 0.25) is 0 Å². The molecule has 4 rings (SSSR count). The molecule has 180 valence electrons. The van der Waals surface area contributed by atoms with E-state index < -0.39 is 11.8 Å². The van der Waals surface area contributed by atoms with Gasteiger partial charge in [-0.1, -0.05) is 45.0 Å². The molecule has 0 spiro atoms. The SMILES string of the molecule is COc1cc(C=NN2C(=O)c3ccccc3C2=O)ccc1OCc1c(C)cc(C(C)(C)C)cc1C. The highest BCUT2D eigenvalue weighted by Crippen LogP contribution is 2.31. The standard InChI is InChI=1S/C29H30N2O4/c1-18-13-21(29(3,4)5)14-19(2)24(18)17-35-25-12-11-20(15-26(25)34-6)16-30-31-27(32)22-9-7-8-10-23(22)28(31)33/h7-16H,17H2,1-6H3. The van der Waals surface area contributed by atoms with Crippen LogP contribution in [0.5, 0.6) is 11.5 Å². The molecule has 0 N–H and O–H groups in total. The second-order valence-corrected chi connectivity index (χ2v) is 9.75. The maximum atomic E-state index is 12.5. The van der Waals surface area contributed by atoms with Crippen LogP contribution in [0.15, 0.2) is 59.7 Å². The molecule has 0 aliphatic carbocycles. The van der Waals surface area contributed by atoms with Gasteiger partial charge in [-0.2, -0.15) is 10.1 Å². The van der Waals surface area contributed by atoms with Crippen molar-refractivity contribution in [2.75, 3.05) is 7.11 Å². The first kappa shape index (κ1) is 24.2. The van der Waals surface area contributed by atoms with E-state index in [9.17, 15) is 9.59 Å². The van der Waals surface area contributed by atoms with Crippen molar-refractivity contribution in [3.8, 4) is 11.5 Å². The Morgan fingerprint density at radius 3 is 2.03 bits per heavy atom. The summed E-state index contributed by atoms with van der Waals surface area (Å²) in [5.74, 6) is 0.274. The van der Waals surface area contributed by atoms with Gasteiger partial charge in [-0.15, -0.1) is 0 Å². The van der Waals surface area contributed by atoms with Gasteiger partial charge in [0, 0.05) is 0 Å². The zero-order chi connectivity index (χ0) is 25.3. The Hall–Kier alpha value is -3.93. The van der Waals surface area contributed by atoms with Crippen LogP contribution >= 0.6 is 0 Å². The molecule has 1 aliphatic rings. The van der Waals surface area contributed by atoms with Gasteiger partial charge in [0.05, 0.1) is 24.5 Å². The molecular weight excluding hydrogens is 440 g/mol. The molecular formula is C29H30N2O4. The third-order valence-corrected chi connectivity index (χ3v) is 6.22. The largest absolute Gasteiger partial charge is 0.493 e. The second-order valence-electron chi connectivity index (χ2n) is 9.75. The van der Waals surface area contributed by atoms with Gasteiger partial charge in [-0.05, 0) is 77.4 Å². The number of carbonyl (C=O) groups excluding carboxylic acids is 2. The number of aryl methyl sites for hydroxylation is 2. The minimum atomic E-state index is -0.433. The number of hydrogen-bond donors (Lipinski definition) is 0. The molecule has 3 aromatic rings. The van der Waals surface area contributed by atoms with Crippen molar-refractivity contribution in [1.29, 1.82) is 0 Å². The Kier molecular flexibility index (Phi) is 6.48. The molecule has 0 atom stereocenters. The highest BCUT2D eigenvalue weighted by atomic mass is 16.5. The molecule has 1 heterocycles. The Balaban J connectivity index is 1.50. The van der Waals surface area contributed by atoms with Gasteiger partial charge in [-0.3, -0.25) is 9.59 Å². The van der Waals surface area contributed by atoms with Crippen LogP contribution in [0.1, 0.15) is 69.3 Å². The molecule has 0 saturated carbocycles. The predicted octanol–water partition coefficient (Wildman–Crippen LogP) is 5.82. The molecule has 1 aliphatic heterocycles. The van der Waals surface area contributed by atoms with E-state index in [1.165, 1.54) is 22.9 Å². The minimum absolute atomic E-state index is 0.0859. The third-order valence-electron chi connectivity index (χ3n) is 6.22. The first-order valence-electron chi connectivity index (χ1n) is 11.5. The molecule has 6 heteroatoms. The molecule has 2 amide bonds. The smallest absolute Gasteiger partial charge is 0.282 e. The molecule has 35 heavy (non-hydrogen) atoms. The summed E-state index contributed by atoms with van der Waals surface area (Å²) >= 11 is 0. The molecule has 0 unspecified atom stereocenters. The second kappa shape index (κ2) is 9.37. The zero-order valence-electron chi connectivity index (χ0n) is 21.0. The highest BCUT2D eigenvalue weighted by molar-refractivity contribution is 6.21. The molecule has 0 radical (unpaired) electrons. The monoisotopic (exact) mass is 470 g/mol. The van der Waals surface area contributed by atoms with Crippen LogP contribution in [-0.4, -0.2) is 30.1 Å². The summed E-state index contributed by atoms with van der Waals surface area (Å²) in [6, 6.07) is 16.5. The van der Waals surface area contributed by atoms with Crippen molar-refractivity contribution in [2.24, 2.45) is 5.10 Å². The normalized spacial score (nSPS) is 13.5. The van der Waals surface area contributed by atoms with E-state index in [1.807, 2.05) is 6.07 Å². The fourth-order valence-corrected chi connectivity index (χ4v) is 4.09. The average molecular weight is 471 g/mol. The van der Waals surface area contributed by atoms with E-state index in [1.54, 1.807) is 43.5 Å². The van der Waals surface area contributed by atoms with E-state index in [2.05, 4.69) is 51.9 Å². The van der Waals surface area contributed by atoms with Gasteiger partial charge in [0.1, 0.15) is 6.61 Å². The summed E-state index contributed by atoms with van der Waals surface area (Å²) in [5.41, 5.74) is 6.31. The summed E-state index contributed by atoms with van der Waals surface area (Å²) in [6.45, 7) is 11.3. The molecule has 0 fully saturated rings. The highest BCUT2D eigenvalue weighted by Gasteiger charge is 2.35. The number of nitrogens with zero attached hydrogens (tertiary/aromatic N) is 2. The summed E-state index contributed by atoms with van der Waals surface area (Å²) in [6.07, 6.45) is 1.47. The minimum Gasteiger partial charge on any atom is -0.493 e. The number of hydrogen-bond acceptors (Lipinski definition) is 5. The number of fused-ring (bicyclic) bond motifs is 1. The van der Waals surface area contributed by atoms with E-state index in [0.717, 1.165) is 10.6 Å². The number of imide groups is 1. The van der Waals surface area contributed by atoms with Crippen molar-refractivity contribution in [2.45, 2.75) is 46.6 Å². The van der Waals surface area contributed by atoms with Gasteiger partial charge < -0.3 is 9.47 Å². The summed E-state index contributed by atoms with van der Waals surface area (Å²) < 4.78 is 11.7. The Labute approximate surface area is 206 Å². The predicted molar refractivity (Wildman–Crippen MR) is 136 cm³/mol. The number of benzene rings is 3. The number of amides is 2. The number of methoxy groups -OCH3 is 1.